The van der Waals surface area contributed by atoms with Gasteiger partial charge in [0.1, 0.15) is 30.4 Å². The standard InChI is InChI=1S/C20H24N6O3.C18H21N5O3/c21-20-25-16(13-29-20)6-3-14-1-4-15(5-2-14)24-19(27)17-11-23-18(12-22-17)26-7-9-28-10-8-26;1-2-25-16-10-20-15(9-21-16)17(24)22-13-6-3-12(4-7-13)5-8-14-11-26-18(19)23-14/h1-2,4-5,11-12,16H,3,6-10,13H2,(H2,21,25)(H,24,27);3-4,6-7,9-10,14H,2,5,8,11H2,1H3,(H2,19,23)(H,22,24)/t16-;14-/m00/s1. The summed E-state index contributed by atoms with van der Waals surface area (Å²) < 4.78 is 20.8. The zero-order valence-electron chi connectivity index (χ0n) is 30.6. The number of hydrogen-bond donors (Lipinski definition) is 4. The summed E-state index contributed by atoms with van der Waals surface area (Å²) in [4.78, 5) is 51.9. The maximum absolute atomic E-state index is 12.4. The Bertz CT molecular complexity index is 1920. The number of aliphatic imine (C=N–C) groups is 2. The van der Waals surface area contributed by atoms with E-state index in [1.807, 2.05) is 55.5 Å². The summed E-state index contributed by atoms with van der Waals surface area (Å²) in [5, 5.41) is 5.65. The van der Waals surface area contributed by atoms with Crippen molar-refractivity contribution in [2.45, 2.75) is 44.7 Å². The molecule has 2 aromatic carbocycles. The van der Waals surface area contributed by atoms with Crippen molar-refractivity contribution in [3.63, 3.8) is 0 Å². The number of aryl methyl sites for hydroxylation is 2. The van der Waals surface area contributed by atoms with Crippen molar-refractivity contribution in [1.82, 2.24) is 19.9 Å². The first kappa shape index (κ1) is 38.4. The van der Waals surface area contributed by atoms with Gasteiger partial charge >= 0.3 is 0 Å². The van der Waals surface area contributed by atoms with Crippen LogP contribution in [0, 0.1) is 0 Å². The maximum atomic E-state index is 12.4. The smallest absolute Gasteiger partial charge is 0.282 e. The Morgan fingerprint density at radius 3 is 1.65 bits per heavy atom. The monoisotopic (exact) mass is 751 g/mol. The fourth-order valence-electron chi connectivity index (χ4n) is 5.78. The molecule has 7 rings (SSSR count). The zero-order valence-corrected chi connectivity index (χ0v) is 30.6. The molecule has 0 unspecified atom stereocenters. The molecule has 17 nitrogen and oxygen atoms in total. The quantitative estimate of drug-likeness (QED) is 0.154. The highest BCUT2D eigenvalue weighted by Crippen LogP contribution is 2.18. The lowest BCUT2D eigenvalue weighted by molar-refractivity contribution is 0.101. The predicted molar refractivity (Wildman–Crippen MR) is 206 cm³/mol. The van der Waals surface area contributed by atoms with E-state index < -0.39 is 0 Å². The summed E-state index contributed by atoms with van der Waals surface area (Å²) in [6.45, 7) is 6.36. The van der Waals surface area contributed by atoms with Crippen molar-refractivity contribution < 1.29 is 28.5 Å². The molecule has 4 aromatic rings. The zero-order chi connectivity index (χ0) is 38.4. The fraction of sp³-hybridized carbons (Fsp3) is 0.368. The van der Waals surface area contributed by atoms with Crippen LogP contribution in [0.4, 0.5) is 17.2 Å². The van der Waals surface area contributed by atoms with Crippen LogP contribution in [0.1, 0.15) is 51.9 Å². The van der Waals surface area contributed by atoms with Gasteiger partial charge in [0.15, 0.2) is 0 Å². The second kappa shape index (κ2) is 19.1. The van der Waals surface area contributed by atoms with Crippen LogP contribution < -0.4 is 31.7 Å². The number of anilines is 3. The molecule has 3 aliphatic heterocycles. The lowest BCUT2D eigenvalue weighted by Crippen LogP contribution is -2.36. The van der Waals surface area contributed by atoms with Crippen molar-refractivity contribution in [3.05, 3.63) is 95.8 Å². The van der Waals surface area contributed by atoms with E-state index in [1.54, 1.807) is 6.20 Å². The first-order valence-corrected chi connectivity index (χ1v) is 18.1. The Morgan fingerprint density at radius 1 is 0.727 bits per heavy atom. The first-order valence-electron chi connectivity index (χ1n) is 18.1. The van der Waals surface area contributed by atoms with Gasteiger partial charge in [0, 0.05) is 24.5 Å². The summed E-state index contributed by atoms with van der Waals surface area (Å²) in [5.74, 6) is 0.549. The number of carbonyl (C=O) groups is 2. The van der Waals surface area contributed by atoms with Gasteiger partial charge in [0.05, 0.1) is 56.7 Å². The fourth-order valence-corrected chi connectivity index (χ4v) is 5.78. The van der Waals surface area contributed by atoms with E-state index in [0.29, 0.717) is 50.3 Å². The third kappa shape index (κ3) is 11.6. The van der Waals surface area contributed by atoms with E-state index >= 15 is 0 Å². The van der Waals surface area contributed by atoms with Gasteiger partial charge < -0.3 is 45.9 Å². The average Bonchev–Trinajstić information content (AvgIpc) is 3.85. The Labute approximate surface area is 318 Å². The highest BCUT2D eigenvalue weighted by atomic mass is 16.5. The Morgan fingerprint density at radius 2 is 1.24 bits per heavy atom. The number of amides is 2. The second-order valence-corrected chi connectivity index (χ2v) is 12.8. The molecule has 0 spiro atoms. The summed E-state index contributed by atoms with van der Waals surface area (Å²) in [6, 6.07) is 16.2. The lowest BCUT2D eigenvalue weighted by Gasteiger charge is -2.27. The molecule has 0 saturated carbocycles. The topological polar surface area (TPSA) is 227 Å². The van der Waals surface area contributed by atoms with Crippen LogP contribution in [0.5, 0.6) is 5.88 Å². The number of nitrogens with zero attached hydrogens (tertiary/aromatic N) is 7. The van der Waals surface area contributed by atoms with E-state index in [4.69, 9.17) is 30.4 Å². The third-order valence-electron chi connectivity index (χ3n) is 8.78. The molecule has 1 fully saturated rings. The van der Waals surface area contributed by atoms with Gasteiger partial charge in [-0.1, -0.05) is 24.3 Å². The normalized spacial score (nSPS) is 17.4. The number of morpholine rings is 1. The second-order valence-electron chi connectivity index (χ2n) is 12.8. The number of rotatable bonds is 13. The highest BCUT2D eigenvalue weighted by Gasteiger charge is 2.18. The van der Waals surface area contributed by atoms with E-state index in [-0.39, 0.29) is 47.3 Å². The minimum Gasteiger partial charge on any atom is -0.477 e. The molecular formula is C38H45N11O6. The maximum Gasteiger partial charge on any atom is 0.282 e. The van der Waals surface area contributed by atoms with Gasteiger partial charge in [-0.2, -0.15) is 0 Å². The van der Waals surface area contributed by atoms with Crippen molar-refractivity contribution in [2.24, 2.45) is 21.5 Å². The van der Waals surface area contributed by atoms with Crippen molar-refractivity contribution >= 4 is 41.1 Å². The number of aromatic nitrogens is 4. The molecule has 3 aliphatic rings. The molecule has 2 aromatic heterocycles. The van der Waals surface area contributed by atoms with Crippen molar-refractivity contribution in [2.75, 3.05) is 61.7 Å². The van der Waals surface area contributed by atoms with E-state index in [2.05, 4.69) is 45.5 Å². The van der Waals surface area contributed by atoms with Crippen LogP contribution in [0.25, 0.3) is 0 Å². The molecule has 0 aliphatic carbocycles. The number of hydrogen-bond acceptors (Lipinski definition) is 15. The molecule has 1 saturated heterocycles. The molecule has 2 amide bonds. The predicted octanol–water partition coefficient (Wildman–Crippen LogP) is 2.99. The largest absolute Gasteiger partial charge is 0.477 e. The highest BCUT2D eigenvalue weighted by molar-refractivity contribution is 6.03. The van der Waals surface area contributed by atoms with E-state index in [0.717, 1.165) is 50.2 Å². The van der Waals surface area contributed by atoms with Gasteiger partial charge in [-0.05, 0) is 68.0 Å². The van der Waals surface area contributed by atoms with Gasteiger partial charge in [0.25, 0.3) is 23.9 Å². The minimum atomic E-state index is -0.318. The summed E-state index contributed by atoms with van der Waals surface area (Å²) in [5.41, 5.74) is 15.3. The molecule has 5 heterocycles. The molecule has 2 atom stereocenters. The number of ether oxygens (including phenoxy) is 4. The number of benzene rings is 2. The Balaban J connectivity index is 0.000000188. The molecule has 55 heavy (non-hydrogen) atoms. The Kier molecular flexibility index (Phi) is 13.3. The SMILES string of the molecule is CCOc1cnc(C(=O)Nc2ccc(CC[C@H]3COC(N)=N3)cc2)cn1.NC1=N[C@@H](CCc2ccc(NC(=O)c3cnc(N4CCOCC4)cn3)cc2)CO1. The van der Waals surface area contributed by atoms with Crippen LogP contribution in [0.15, 0.2) is 83.3 Å². The molecule has 0 bridgehead atoms. The van der Waals surface area contributed by atoms with E-state index in [9.17, 15) is 9.59 Å². The molecular weight excluding hydrogens is 706 g/mol. The van der Waals surface area contributed by atoms with Crippen LogP contribution >= 0.6 is 0 Å². The summed E-state index contributed by atoms with van der Waals surface area (Å²) >= 11 is 0. The van der Waals surface area contributed by atoms with Crippen molar-refractivity contribution in [1.29, 1.82) is 0 Å². The number of carbonyl (C=O) groups excluding carboxylic acids is 2. The van der Waals surface area contributed by atoms with Gasteiger partial charge in [-0.3, -0.25) is 9.59 Å². The molecule has 6 N–H and O–H groups in total. The summed E-state index contributed by atoms with van der Waals surface area (Å²) in [6.07, 6.45) is 9.44. The van der Waals surface area contributed by atoms with E-state index in [1.165, 1.54) is 24.2 Å². The molecule has 0 radical (unpaired) electrons. The minimum absolute atomic E-state index is 0.118. The lowest BCUT2D eigenvalue weighted by atomic mass is 10.1. The first-order chi connectivity index (χ1) is 26.8. The number of nitrogens with two attached hydrogens (primary N) is 2. The summed E-state index contributed by atoms with van der Waals surface area (Å²) in [7, 11) is 0. The van der Waals surface area contributed by atoms with Crippen molar-refractivity contribution in [3.8, 4) is 5.88 Å². The molecule has 17 heteroatoms. The van der Waals surface area contributed by atoms with Crippen LogP contribution in [0.3, 0.4) is 0 Å². The van der Waals surface area contributed by atoms with Gasteiger partial charge in [-0.25, -0.2) is 29.9 Å². The Hall–Kier alpha value is -6.36. The number of nitrogens with one attached hydrogen (secondary N) is 2. The average molecular weight is 752 g/mol. The van der Waals surface area contributed by atoms with Crippen LogP contribution in [0.2, 0.25) is 0 Å². The van der Waals surface area contributed by atoms with Gasteiger partial charge in [-0.15, -0.1) is 0 Å². The van der Waals surface area contributed by atoms with Crippen LogP contribution in [-0.2, 0) is 27.1 Å². The third-order valence-corrected chi connectivity index (χ3v) is 8.78. The number of amidine groups is 2. The van der Waals surface area contributed by atoms with Gasteiger partial charge in [0.2, 0.25) is 5.88 Å². The molecule has 288 valence electrons. The van der Waals surface area contributed by atoms with Crippen LogP contribution in [-0.4, -0.2) is 102 Å².